The molecule has 0 heterocycles. The van der Waals surface area contributed by atoms with Gasteiger partial charge in [-0.05, 0) is 94.6 Å². The van der Waals surface area contributed by atoms with Crippen molar-refractivity contribution < 1.29 is 0 Å². The van der Waals surface area contributed by atoms with Gasteiger partial charge in [-0.1, -0.05) is 150 Å². The van der Waals surface area contributed by atoms with Crippen LogP contribution >= 0.6 is 0 Å². The number of nitrogens with zero attached hydrogens (tertiary/aromatic N) is 1. The molecular formula is C42H80N2. The van der Waals surface area contributed by atoms with Crippen molar-refractivity contribution in [2.24, 2.45) is 17.6 Å². The third-order valence-corrected chi connectivity index (χ3v) is 9.92. The van der Waals surface area contributed by atoms with Gasteiger partial charge in [0.05, 0.1) is 0 Å². The highest BCUT2D eigenvalue weighted by Crippen LogP contribution is 2.28. The lowest BCUT2D eigenvalue weighted by atomic mass is 9.88. The summed E-state index contributed by atoms with van der Waals surface area (Å²) in [6, 6.07) is 0.556. The average molecular weight is 613 g/mol. The van der Waals surface area contributed by atoms with Crippen LogP contribution in [0.3, 0.4) is 0 Å². The van der Waals surface area contributed by atoms with Crippen LogP contribution in [0.25, 0.3) is 0 Å². The van der Waals surface area contributed by atoms with Gasteiger partial charge < -0.3 is 10.6 Å². The molecule has 0 aromatic heterocycles. The minimum atomic E-state index is 0.556. The van der Waals surface area contributed by atoms with E-state index in [4.69, 9.17) is 5.73 Å². The van der Waals surface area contributed by atoms with Gasteiger partial charge in [-0.3, -0.25) is 0 Å². The van der Waals surface area contributed by atoms with Crippen LogP contribution in [-0.4, -0.2) is 24.0 Å². The number of rotatable bonds is 33. The third-order valence-electron chi connectivity index (χ3n) is 9.92. The van der Waals surface area contributed by atoms with Gasteiger partial charge in [0, 0.05) is 18.3 Å². The summed E-state index contributed by atoms with van der Waals surface area (Å²) in [4.78, 5) is 2.65. The highest BCUT2D eigenvalue weighted by molar-refractivity contribution is 5.02. The molecule has 0 saturated heterocycles. The van der Waals surface area contributed by atoms with Gasteiger partial charge in [-0.25, -0.2) is 0 Å². The van der Waals surface area contributed by atoms with Gasteiger partial charge >= 0.3 is 0 Å². The predicted molar refractivity (Wildman–Crippen MR) is 201 cm³/mol. The van der Waals surface area contributed by atoms with E-state index in [0.29, 0.717) is 6.04 Å². The first kappa shape index (κ1) is 42.8. The molecule has 0 aromatic carbocycles. The van der Waals surface area contributed by atoms with Gasteiger partial charge in [0.25, 0.3) is 0 Å². The summed E-state index contributed by atoms with van der Waals surface area (Å²) >= 11 is 0. The van der Waals surface area contributed by atoms with Crippen molar-refractivity contribution in [2.45, 2.75) is 201 Å². The number of hydrogen-bond acceptors (Lipinski definition) is 2. The maximum atomic E-state index is 5.98. The second-order valence-corrected chi connectivity index (χ2v) is 13.9. The predicted octanol–water partition coefficient (Wildman–Crippen LogP) is 13.5. The Morgan fingerprint density at radius 3 is 2.02 bits per heavy atom. The smallest absolute Gasteiger partial charge is 0.0289 e. The van der Waals surface area contributed by atoms with Gasteiger partial charge in [0.2, 0.25) is 0 Å². The van der Waals surface area contributed by atoms with E-state index in [2.05, 4.69) is 70.6 Å². The Labute approximate surface area is 278 Å². The quantitative estimate of drug-likeness (QED) is 0.0454. The fraction of sp³-hybridized carbons (Fsp3) is 0.833. The highest BCUT2D eigenvalue weighted by atomic mass is 15.2. The molecule has 0 rings (SSSR count). The Balaban J connectivity index is 5.06. The van der Waals surface area contributed by atoms with Gasteiger partial charge in [0.15, 0.2) is 0 Å². The van der Waals surface area contributed by atoms with Gasteiger partial charge in [0.1, 0.15) is 0 Å². The molecule has 2 N–H and O–H groups in total. The Kier molecular flexibility index (Phi) is 30.8. The number of nitrogens with two attached hydrogens (primary N) is 1. The molecule has 0 spiro atoms. The Morgan fingerprint density at radius 2 is 1.36 bits per heavy atom. The molecule has 0 fully saturated rings. The van der Waals surface area contributed by atoms with Crippen LogP contribution in [0, 0.1) is 11.8 Å². The number of hydrogen-bond donors (Lipinski definition) is 1. The van der Waals surface area contributed by atoms with Crippen molar-refractivity contribution in [1.29, 1.82) is 0 Å². The van der Waals surface area contributed by atoms with Crippen molar-refractivity contribution in [2.75, 3.05) is 13.1 Å². The standard InChI is InChI=1S/C42H80N2/c1-8-13-15-17-19-23-29-39(7)44(37-26-36-43)42(27-10-3)35-34-40(12-5)32-33-41(30-24-20-18-16-14-9-2)31-25-21-22-28-38(6)11-4/h14,16,38,41-42H,5,7-11,13,15,17-37,43H2,1-4,6H3/b16-14+. The van der Waals surface area contributed by atoms with Crippen molar-refractivity contribution in [3.8, 4) is 0 Å². The molecule has 0 aromatic rings. The first-order valence-corrected chi connectivity index (χ1v) is 19.6. The molecule has 2 nitrogen and oxygen atoms in total. The zero-order chi connectivity index (χ0) is 32.7. The van der Waals surface area contributed by atoms with Gasteiger partial charge in [-0.15, -0.1) is 5.73 Å². The fourth-order valence-electron chi connectivity index (χ4n) is 6.64. The molecule has 44 heavy (non-hydrogen) atoms. The summed E-state index contributed by atoms with van der Waals surface area (Å²) in [7, 11) is 0. The van der Waals surface area contributed by atoms with E-state index >= 15 is 0 Å². The Morgan fingerprint density at radius 1 is 0.705 bits per heavy atom. The summed E-state index contributed by atoms with van der Waals surface area (Å²) in [5, 5.41) is 0. The van der Waals surface area contributed by atoms with Crippen molar-refractivity contribution in [3.63, 3.8) is 0 Å². The van der Waals surface area contributed by atoms with Crippen LogP contribution in [-0.2, 0) is 0 Å². The van der Waals surface area contributed by atoms with Crippen molar-refractivity contribution in [1.82, 2.24) is 4.90 Å². The van der Waals surface area contributed by atoms with Crippen molar-refractivity contribution >= 4 is 0 Å². The first-order valence-electron chi connectivity index (χ1n) is 19.6. The lowest BCUT2D eigenvalue weighted by Gasteiger charge is -2.36. The van der Waals surface area contributed by atoms with E-state index in [1.54, 1.807) is 0 Å². The summed E-state index contributed by atoms with van der Waals surface area (Å²) in [5.41, 5.74) is 12.2. The number of allylic oxidation sites excluding steroid dienone is 4. The van der Waals surface area contributed by atoms with E-state index in [1.165, 1.54) is 146 Å². The zero-order valence-corrected chi connectivity index (χ0v) is 30.9. The van der Waals surface area contributed by atoms with E-state index in [9.17, 15) is 0 Å². The topological polar surface area (TPSA) is 29.3 Å². The second-order valence-electron chi connectivity index (χ2n) is 13.9. The van der Waals surface area contributed by atoms with E-state index in [-0.39, 0.29) is 0 Å². The summed E-state index contributed by atoms with van der Waals surface area (Å²) in [6.45, 7) is 22.2. The maximum absolute atomic E-state index is 5.98. The molecule has 3 atom stereocenters. The zero-order valence-electron chi connectivity index (χ0n) is 30.9. The van der Waals surface area contributed by atoms with Crippen molar-refractivity contribution in [3.05, 3.63) is 42.3 Å². The van der Waals surface area contributed by atoms with Crippen LogP contribution in [0.4, 0.5) is 0 Å². The summed E-state index contributed by atoms with van der Waals surface area (Å²) < 4.78 is 0. The molecule has 0 aliphatic rings. The van der Waals surface area contributed by atoms with Crippen LogP contribution in [0.15, 0.2) is 42.3 Å². The van der Waals surface area contributed by atoms with Crippen LogP contribution in [0.5, 0.6) is 0 Å². The Bertz CT molecular complexity index is 715. The molecule has 258 valence electrons. The Hall–Kier alpha value is -1.24. The normalized spacial score (nSPS) is 13.6. The minimum Gasteiger partial charge on any atom is -0.372 e. The maximum Gasteiger partial charge on any atom is 0.0289 e. The van der Waals surface area contributed by atoms with Crippen LogP contribution < -0.4 is 5.73 Å². The minimum absolute atomic E-state index is 0.556. The van der Waals surface area contributed by atoms with E-state index in [0.717, 1.165) is 50.6 Å². The SMILES string of the molecule is C=C=C(CCC(CCCC/C=C/CC)CCCCCC(C)CC)CCC(CCC)N(CCCN)C(=C)CCCCCCCC. The molecule has 0 saturated carbocycles. The molecular weight excluding hydrogens is 532 g/mol. The van der Waals surface area contributed by atoms with Crippen LogP contribution in [0.2, 0.25) is 0 Å². The molecule has 0 aliphatic carbocycles. The van der Waals surface area contributed by atoms with E-state index in [1.807, 2.05) is 0 Å². The largest absolute Gasteiger partial charge is 0.372 e. The molecule has 0 radical (unpaired) electrons. The molecule has 3 unspecified atom stereocenters. The molecule has 0 aliphatic heterocycles. The highest BCUT2D eigenvalue weighted by Gasteiger charge is 2.20. The van der Waals surface area contributed by atoms with Crippen LogP contribution in [0.1, 0.15) is 195 Å². The molecule has 0 bridgehead atoms. The molecule has 0 amide bonds. The lowest BCUT2D eigenvalue weighted by Crippen LogP contribution is -2.36. The number of unbranched alkanes of at least 4 members (excludes halogenated alkanes) is 9. The summed E-state index contributed by atoms with van der Waals surface area (Å²) in [5.74, 6) is 1.74. The lowest BCUT2D eigenvalue weighted by molar-refractivity contribution is 0.217. The average Bonchev–Trinajstić information content (AvgIpc) is 3.03. The molecule has 2 heteroatoms. The summed E-state index contributed by atoms with van der Waals surface area (Å²) in [6.07, 6.45) is 37.0. The fourth-order valence-corrected chi connectivity index (χ4v) is 6.64. The second kappa shape index (κ2) is 31.7. The third kappa shape index (κ3) is 24.1. The van der Waals surface area contributed by atoms with Gasteiger partial charge in [-0.2, -0.15) is 0 Å². The monoisotopic (exact) mass is 613 g/mol. The first-order chi connectivity index (χ1) is 21.5. The van der Waals surface area contributed by atoms with E-state index < -0.39 is 0 Å².